The van der Waals surface area contributed by atoms with E-state index < -0.39 is 5.97 Å². The van der Waals surface area contributed by atoms with Crippen LogP contribution in [0.1, 0.15) is 23.8 Å². The van der Waals surface area contributed by atoms with Gasteiger partial charge in [0.05, 0.1) is 12.3 Å². The van der Waals surface area contributed by atoms with E-state index in [9.17, 15) is 4.79 Å². The zero-order chi connectivity index (χ0) is 11.3. The number of aliphatic hydroxyl groups is 1. The first-order chi connectivity index (χ1) is 7.19. The van der Waals surface area contributed by atoms with Gasteiger partial charge in [0.2, 0.25) is 0 Å². The van der Waals surface area contributed by atoms with Crippen molar-refractivity contribution in [3.63, 3.8) is 0 Å². The molecule has 0 bridgehead atoms. The molecule has 0 fully saturated rings. The van der Waals surface area contributed by atoms with Crippen LogP contribution in [0.5, 0.6) is 0 Å². The number of nitrogens with two attached hydrogens (primary N) is 1. The van der Waals surface area contributed by atoms with Gasteiger partial charge in [0.15, 0.2) is 0 Å². The van der Waals surface area contributed by atoms with E-state index in [1.165, 1.54) is 0 Å². The highest BCUT2D eigenvalue weighted by Crippen LogP contribution is 2.12. The van der Waals surface area contributed by atoms with E-state index in [1.54, 1.807) is 16.8 Å². The average molecular weight is 212 g/mol. The zero-order valence-corrected chi connectivity index (χ0v) is 8.77. The van der Waals surface area contributed by atoms with Crippen molar-refractivity contribution < 1.29 is 14.6 Å². The van der Waals surface area contributed by atoms with Gasteiger partial charge in [-0.2, -0.15) is 0 Å². The van der Waals surface area contributed by atoms with Crippen molar-refractivity contribution in [2.45, 2.75) is 19.9 Å². The van der Waals surface area contributed by atoms with Crippen LogP contribution in [0.2, 0.25) is 0 Å². The van der Waals surface area contributed by atoms with E-state index in [-0.39, 0.29) is 13.2 Å². The van der Waals surface area contributed by atoms with E-state index >= 15 is 0 Å². The van der Waals surface area contributed by atoms with E-state index in [0.29, 0.717) is 11.4 Å². The maximum absolute atomic E-state index is 11.5. The third kappa shape index (κ3) is 2.99. The number of aromatic nitrogens is 1. The Labute approximate surface area is 88.4 Å². The molecule has 1 aromatic heterocycles. The summed E-state index contributed by atoms with van der Waals surface area (Å²) < 4.78 is 6.57. The minimum atomic E-state index is -0.450. The van der Waals surface area contributed by atoms with E-state index in [0.717, 1.165) is 13.0 Å². The molecule has 0 aliphatic rings. The molecule has 0 aliphatic carbocycles. The van der Waals surface area contributed by atoms with Gasteiger partial charge in [-0.1, -0.05) is 6.92 Å². The van der Waals surface area contributed by atoms with Crippen molar-refractivity contribution in [1.29, 1.82) is 0 Å². The summed E-state index contributed by atoms with van der Waals surface area (Å²) in [6.07, 6.45) is 2.62. The highest BCUT2D eigenvalue weighted by Gasteiger charge is 2.13. The predicted octanol–water partition coefficient (Wildman–Crippen LogP) is 0.629. The van der Waals surface area contributed by atoms with Crippen LogP contribution < -0.4 is 5.73 Å². The molecule has 84 valence electrons. The first-order valence-electron chi connectivity index (χ1n) is 4.92. The Morgan fingerprint density at radius 1 is 1.67 bits per heavy atom. The molecule has 0 aromatic carbocycles. The minimum Gasteiger partial charge on any atom is -0.459 e. The highest BCUT2D eigenvalue weighted by atomic mass is 16.5. The van der Waals surface area contributed by atoms with Crippen molar-refractivity contribution in [2.75, 3.05) is 18.9 Å². The van der Waals surface area contributed by atoms with E-state index in [2.05, 4.69) is 0 Å². The number of anilines is 1. The van der Waals surface area contributed by atoms with E-state index in [1.807, 2.05) is 6.92 Å². The van der Waals surface area contributed by atoms with Crippen molar-refractivity contribution in [3.05, 3.63) is 18.0 Å². The third-order valence-corrected chi connectivity index (χ3v) is 1.92. The molecule has 0 unspecified atom stereocenters. The zero-order valence-electron chi connectivity index (χ0n) is 8.77. The molecule has 5 heteroatoms. The molecule has 0 amide bonds. The van der Waals surface area contributed by atoms with Gasteiger partial charge >= 0.3 is 5.97 Å². The second-order valence-electron chi connectivity index (χ2n) is 3.21. The molecule has 0 saturated carbocycles. The van der Waals surface area contributed by atoms with Crippen LogP contribution in [0.25, 0.3) is 0 Å². The van der Waals surface area contributed by atoms with Gasteiger partial charge in [0.25, 0.3) is 0 Å². The Kier molecular flexibility index (Phi) is 4.17. The normalized spacial score (nSPS) is 10.3. The quantitative estimate of drug-likeness (QED) is 0.702. The average Bonchev–Trinajstić information content (AvgIpc) is 2.57. The number of hydrogen-bond donors (Lipinski definition) is 2. The standard InChI is InChI=1S/C10H16N2O3/c1-2-3-12-7-8(11)6-9(12)10(14)15-5-4-13/h6-7,13H,2-5,11H2,1H3. The molecule has 5 nitrogen and oxygen atoms in total. The van der Waals surface area contributed by atoms with Gasteiger partial charge in [-0.25, -0.2) is 4.79 Å². The topological polar surface area (TPSA) is 77.5 Å². The Hall–Kier alpha value is -1.49. The number of aryl methyl sites for hydroxylation is 1. The summed E-state index contributed by atoms with van der Waals surface area (Å²) in [6, 6.07) is 1.58. The molecule has 0 radical (unpaired) electrons. The summed E-state index contributed by atoms with van der Waals surface area (Å²) in [7, 11) is 0. The van der Waals surface area contributed by atoms with Crippen LogP contribution in [0, 0.1) is 0 Å². The fourth-order valence-corrected chi connectivity index (χ4v) is 1.34. The van der Waals surface area contributed by atoms with Crippen molar-refractivity contribution in [1.82, 2.24) is 4.57 Å². The molecule has 0 aliphatic heterocycles. The molecule has 1 heterocycles. The van der Waals surface area contributed by atoms with Gasteiger partial charge in [-0.3, -0.25) is 0 Å². The Morgan fingerprint density at radius 2 is 2.40 bits per heavy atom. The van der Waals surface area contributed by atoms with Gasteiger partial charge in [0, 0.05) is 12.7 Å². The summed E-state index contributed by atoms with van der Waals surface area (Å²) in [6.45, 7) is 2.57. The third-order valence-electron chi connectivity index (χ3n) is 1.92. The molecule has 15 heavy (non-hydrogen) atoms. The lowest BCUT2D eigenvalue weighted by atomic mass is 10.4. The molecule has 3 N–H and O–H groups in total. The maximum Gasteiger partial charge on any atom is 0.355 e. The first kappa shape index (κ1) is 11.6. The Balaban J connectivity index is 2.77. The van der Waals surface area contributed by atoms with Gasteiger partial charge in [-0.05, 0) is 12.5 Å². The Bertz CT molecular complexity index is 333. The number of carbonyl (C=O) groups excluding carboxylic acids is 1. The van der Waals surface area contributed by atoms with Crippen molar-refractivity contribution in [2.24, 2.45) is 0 Å². The minimum absolute atomic E-state index is 0.00996. The lowest BCUT2D eigenvalue weighted by Gasteiger charge is -2.06. The first-order valence-corrected chi connectivity index (χ1v) is 4.92. The number of nitrogen functional groups attached to an aromatic ring is 1. The maximum atomic E-state index is 11.5. The van der Waals surface area contributed by atoms with Gasteiger partial charge in [-0.15, -0.1) is 0 Å². The fourth-order valence-electron chi connectivity index (χ4n) is 1.34. The van der Waals surface area contributed by atoms with Crippen molar-refractivity contribution in [3.8, 4) is 0 Å². The van der Waals surface area contributed by atoms with Crippen LogP contribution >= 0.6 is 0 Å². The highest BCUT2D eigenvalue weighted by molar-refractivity contribution is 5.89. The summed E-state index contributed by atoms with van der Waals surface area (Å²) in [5.74, 6) is -0.450. The summed E-state index contributed by atoms with van der Waals surface area (Å²) in [5.41, 5.74) is 6.57. The monoisotopic (exact) mass is 212 g/mol. The SMILES string of the molecule is CCCn1cc(N)cc1C(=O)OCCO. The van der Waals surface area contributed by atoms with Crippen LogP contribution in [-0.4, -0.2) is 28.9 Å². The molecule has 1 aromatic rings. The van der Waals surface area contributed by atoms with Crippen LogP contribution in [0.4, 0.5) is 5.69 Å². The van der Waals surface area contributed by atoms with Gasteiger partial charge in [0.1, 0.15) is 12.3 Å². The summed E-state index contributed by atoms with van der Waals surface area (Å²) in [4.78, 5) is 11.5. The number of rotatable bonds is 5. The number of nitrogens with zero attached hydrogens (tertiary/aromatic N) is 1. The Morgan fingerprint density at radius 3 is 3.00 bits per heavy atom. The van der Waals surface area contributed by atoms with E-state index in [4.69, 9.17) is 15.6 Å². The summed E-state index contributed by atoms with van der Waals surface area (Å²) >= 11 is 0. The number of hydrogen-bond acceptors (Lipinski definition) is 4. The second kappa shape index (κ2) is 5.41. The lowest BCUT2D eigenvalue weighted by molar-refractivity contribution is 0.0421. The number of esters is 1. The second-order valence-corrected chi connectivity index (χ2v) is 3.21. The molecule has 0 spiro atoms. The molecule has 0 saturated heterocycles. The molecular formula is C10H16N2O3. The fraction of sp³-hybridized carbons (Fsp3) is 0.500. The van der Waals surface area contributed by atoms with Crippen LogP contribution in [0.3, 0.4) is 0 Å². The molecule has 1 rings (SSSR count). The van der Waals surface area contributed by atoms with Crippen LogP contribution in [0.15, 0.2) is 12.3 Å². The predicted molar refractivity (Wildman–Crippen MR) is 56.5 cm³/mol. The lowest BCUT2D eigenvalue weighted by Crippen LogP contribution is -2.13. The van der Waals surface area contributed by atoms with Crippen LogP contribution in [-0.2, 0) is 11.3 Å². The molecule has 0 atom stereocenters. The number of aliphatic hydroxyl groups excluding tert-OH is 1. The summed E-state index contributed by atoms with van der Waals surface area (Å²) in [5, 5.41) is 8.53. The van der Waals surface area contributed by atoms with Crippen molar-refractivity contribution >= 4 is 11.7 Å². The number of carbonyl (C=O) groups is 1. The van der Waals surface area contributed by atoms with Gasteiger partial charge < -0.3 is 20.1 Å². The smallest absolute Gasteiger partial charge is 0.355 e. The number of ether oxygens (including phenoxy) is 1. The molecular weight excluding hydrogens is 196 g/mol. The largest absolute Gasteiger partial charge is 0.459 e.